The zero-order chi connectivity index (χ0) is 15.2. The van der Waals surface area contributed by atoms with Crippen LogP contribution in [0, 0.1) is 11.3 Å². The number of hydrogen-bond donors (Lipinski definition) is 1. The Balaban J connectivity index is 2.18. The van der Waals surface area contributed by atoms with Gasteiger partial charge in [-0.15, -0.1) is 0 Å². The number of nitriles is 1. The molecular weight excluding hydrogens is 330 g/mol. The van der Waals surface area contributed by atoms with Crippen molar-refractivity contribution < 1.29 is 4.74 Å². The maximum atomic E-state index is 9.28. The van der Waals surface area contributed by atoms with Gasteiger partial charge in [-0.05, 0) is 39.7 Å². The highest BCUT2D eigenvalue weighted by Crippen LogP contribution is 2.27. The molecule has 0 saturated heterocycles. The molecule has 1 N–H and O–H groups in total. The van der Waals surface area contributed by atoms with E-state index in [-0.39, 0.29) is 0 Å². The molecular formula is C16H16BrN3O. The van der Waals surface area contributed by atoms with Crippen molar-refractivity contribution in [2.45, 2.75) is 26.4 Å². The Kier molecular flexibility index (Phi) is 5.32. The van der Waals surface area contributed by atoms with Crippen LogP contribution < -0.4 is 10.1 Å². The Morgan fingerprint density at radius 3 is 2.81 bits per heavy atom. The first kappa shape index (κ1) is 15.5. The molecule has 2 aromatic rings. The molecule has 4 nitrogen and oxygen atoms in total. The summed E-state index contributed by atoms with van der Waals surface area (Å²) in [5.41, 5.74) is 1.57. The van der Waals surface area contributed by atoms with Crippen molar-refractivity contribution in [2.75, 3.05) is 0 Å². The van der Waals surface area contributed by atoms with Crippen molar-refractivity contribution >= 4 is 15.9 Å². The molecule has 0 aliphatic heterocycles. The number of benzene rings is 1. The maximum absolute atomic E-state index is 9.28. The van der Waals surface area contributed by atoms with Gasteiger partial charge in [0.1, 0.15) is 17.6 Å². The van der Waals surface area contributed by atoms with Crippen LogP contribution in [-0.4, -0.2) is 11.0 Å². The van der Waals surface area contributed by atoms with Gasteiger partial charge in [0.25, 0.3) is 0 Å². The van der Waals surface area contributed by atoms with Crippen molar-refractivity contribution in [3.8, 4) is 17.6 Å². The molecule has 0 aliphatic rings. The molecule has 1 heterocycles. The van der Waals surface area contributed by atoms with Crippen LogP contribution in [0.5, 0.6) is 11.5 Å². The van der Waals surface area contributed by atoms with E-state index in [4.69, 9.17) is 4.74 Å². The molecule has 5 heteroatoms. The number of nitrogens with zero attached hydrogens (tertiary/aromatic N) is 2. The first-order valence-corrected chi connectivity index (χ1v) is 7.42. The second-order valence-electron chi connectivity index (χ2n) is 4.92. The molecule has 21 heavy (non-hydrogen) atoms. The summed E-state index contributed by atoms with van der Waals surface area (Å²) in [6.45, 7) is 4.90. The van der Waals surface area contributed by atoms with Crippen molar-refractivity contribution in [2.24, 2.45) is 0 Å². The van der Waals surface area contributed by atoms with E-state index < -0.39 is 0 Å². The van der Waals surface area contributed by atoms with Crippen LogP contribution in [0.4, 0.5) is 0 Å². The molecule has 0 fully saturated rings. The van der Waals surface area contributed by atoms with Gasteiger partial charge in [0.2, 0.25) is 0 Å². The molecule has 0 saturated carbocycles. The lowest BCUT2D eigenvalue weighted by atomic mass is 10.1. The molecule has 0 bridgehead atoms. The van der Waals surface area contributed by atoms with E-state index in [1.54, 1.807) is 12.4 Å². The minimum atomic E-state index is 0.402. The number of halogens is 1. The van der Waals surface area contributed by atoms with Gasteiger partial charge in [0, 0.05) is 23.3 Å². The van der Waals surface area contributed by atoms with Gasteiger partial charge in [0.15, 0.2) is 0 Å². The summed E-state index contributed by atoms with van der Waals surface area (Å²) < 4.78 is 6.56. The van der Waals surface area contributed by atoms with E-state index in [1.165, 1.54) is 0 Å². The molecule has 0 atom stereocenters. The first-order valence-electron chi connectivity index (χ1n) is 6.63. The Bertz CT molecular complexity index is 665. The Morgan fingerprint density at radius 2 is 2.14 bits per heavy atom. The Hall–Kier alpha value is -1.90. The number of hydrogen-bond acceptors (Lipinski definition) is 4. The fraction of sp³-hybridized carbons (Fsp3) is 0.250. The van der Waals surface area contributed by atoms with E-state index in [9.17, 15) is 5.26 Å². The van der Waals surface area contributed by atoms with Crippen molar-refractivity contribution in [1.82, 2.24) is 10.3 Å². The molecule has 0 radical (unpaired) electrons. The van der Waals surface area contributed by atoms with Crippen molar-refractivity contribution in [1.29, 1.82) is 5.26 Å². The zero-order valence-corrected chi connectivity index (χ0v) is 13.5. The third-order valence-electron chi connectivity index (χ3n) is 2.79. The van der Waals surface area contributed by atoms with Crippen LogP contribution in [0.3, 0.4) is 0 Å². The second kappa shape index (κ2) is 7.21. The van der Waals surface area contributed by atoms with Gasteiger partial charge in [-0.25, -0.2) is 0 Å². The highest BCUT2D eigenvalue weighted by Gasteiger charge is 2.07. The molecule has 0 amide bonds. The summed E-state index contributed by atoms with van der Waals surface area (Å²) in [7, 11) is 0. The van der Waals surface area contributed by atoms with Gasteiger partial charge in [-0.1, -0.05) is 19.9 Å². The topological polar surface area (TPSA) is 57.9 Å². The SMILES string of the molecule is CC(C)NCc1ccc(Oc2cncc(Br)c2)c(C#N)c1. The second-order valence-corrected chi connectivity index (χ2v) is 5.83. The number of ether oxygens (including phenoxy) is 1. The van der Waals surface area contributed by atoms with Crippen LogP contribution in [0.15, 0.2) is 41.1 Å². The van der Waals surface area contributed by atoms with Crippen LogP contribution in [-0.2, 0) is 6.54 Å². The molecule has 2 rings (SSSR count). The normalized spacial score (nSPS) is 10.4. The van der Waals surface area contributed by atoms with Gasteiger partial charge in [0.05, 0.1) is 11.8 Å². The van der Waals surface area contributed by atoms with Gasteiger partial charge in [-0.3, -0.25) is 4.98 Å². The summed E-state index contributed by atoms with van der Waals surface area (Å²) in [6.07, 6.45) is 3.29. The summed E-state index contributed by atoms with van der Waals surface area (Å²) in [6, 6.07) is 10.00. The van der Waals surface area contributed by atoms with E-state index in [2.05, 4.69) is 46.1 Å². The summed E-state index contributed by atoms with van der Waals surface area (Å²) in [4.78, 5) is 4.04. The smallest absolute Gasteiger partial charge is 0.146 e. The van der Waals surface area contributed by atoms with Gasteiger partial charge < -0.3 is 10.1 Å². The molecule has 0 aliphatic carbocycles. The fourth-order valence-corrected chi connectivity index (χ4v) is 2.10. The van der Waals surface area contributed by atoms with Gasteiger partial charge >= 0.3 is 0 Å². The van der Waals surface area contributed by atoms with E-state index in [0.29, 0.717) is 23.1 Å². The summed E-state index contributed by atoms with van der Waals surface area (Å²) >= 11 is 3.34. The third kappa shape index (κ3) is 4.55. The van der Waals surface area contributed by atoms with E-state index in [0.717, 1.165) is 16.6 Å². The van der Waals surface area contributed by atoms with Crippen molar-refractivity contribution in [3.63, 3.8) is 0 Å². The Labute approximate surface area is 132 Å². The zero-order valence-electron chi connectivity index (χ0n) is 11.9. The van der Waals surface area contributed by atoms with E-state index >= 15 is 0 Å². The first-order chi connectivity index (χ1) is 10.1. The molecule has 1 aromatic carbocycles. The highest BCUT2D eigenvalue weighted by atomic mass is 79.9. The molecule has 108 valence electrons. The minimum absolute atomic E-state index is 0.402. The molecule has 0 spiro atoms. The summed E-state index contributed by atoms with van der Waals surface area (Å²) in [5, 5.41) is 12.6. The maximum Gasteiger partial charge on any atom is 0.146 e. The van der Waals surface area contributed by atoms with E-state index in [1.807, 2.05) is 24.3 Å². The van der Waals surface area contributed by atoms with Gasteiger partial charge in [-0.2, -0.15) is 5.26 Å². The third-order valence-corrected chi connectivity index (χ3v) is 3.22. The average Bonchev–Trinajstić information content (AvgIpc) is 2.46. The standard InChI is InChI=1S/C16H16BrN3O/c1-11(2)20-8-12-3-4-16(13(5-12)7-18)21-15-6-14(17)9-19-10-15/h3-6,9-11,20H,8H2,1-2H3. The number of nitrogens with one attached hydrogen (secondary N) is 1. The van der Waals surface area contributed by atoms with Crippen LogP contribution >= 0.6 is 15.9 Å². The quantitative estimate of drug-likeness (QED) is 0.889. The minimum Gasteiger partial charge on any atom is -0.454 e. The average molecular weight is 346 g/mol. The van der Waals surface area contributed by atoms with Crippen LogP contribution in [0.1, 0.15) is 25.0 Å². The monoisotopic (exact) mass is 345 g/mol. The predicted molar refractivity (Wildman–Crippen MR) is 85.1 cm³/mol. The molecule has 0 unspecified atom stereocenters. The highest BCUT2D eigenvalue weighted by molar-refractivity contribution is 9.10. The largest absolute Gasteiger partial charge is 0.454 e. The lowest BCUT2D eigenvalue weighted by Crippen LogP contribution is -2.21. The van der Waals surface area contributed by atoms with Crippen LogP contribution in [0.25, 0.3) is 0 Å². The van der Waals surface area contributed by atoms with Crippen LogP contribution in [0.2, 0.25) is 0 Å². The Morgan fingerprint density at radius 1 is 1.33 bits per heavy atom. The summed E-state index contributed by atoms with van der Waals surface area (Å²) in [5.74, 6) is 1.12. The van der Waals surface area contributed by atoms with Crippen molar-refractivity contribution in [3.05, 3.63) is 52.3 Å². The predicted octanol–water partition coefficient (Wildman–Crippen LogP) is 4.01. The lowest BCUT2D eigenvalue weighted by Gasteiger charge is -2.11. The fourth-order valence-electron chi connectivity index (χ4n) is 1.76. The molecule has 1 aromatic heterocycles. The number of pyridine rings is 1. The lowest BCUT2D eigenvalue weighted by molar-refractivity contribution is 0.478. The number of aromatic nitrogens is 1. The number of rotatable bonds is 5.